The minimum Gasteiger partial charge on any atom is -0.466 e. The summed E-state index contributed by atoms with van der Waals surface area (Å²) in [5, 5.41) is 3.37. The van der Waals surface area contributed by atoms with Crippen LogP contribution in [0, 0.1) is 5.92 Å². The third-order valence-electron chi connectivity index (χ3n) is 3.85. The van der Waals surface area contributed by atoms with Crippen LogP contribution in [0.25, 0.3) is 10.4 Å². The highest BCUT2D eigenvalue weighted by Gasteiger charge is 2.36. The molecule has 0 aliphatic heterocycles. The van der Waals surface area contributed by atoms with Crippen molar-refractivity contribution >= 4 is 23.2 Å². The second-order valence-electron chi connectivity index (χ2n) is 5.49. The number of ether oxygens (including phenoxy) is 1. The van der Waals surface area contributed by atoms with Crippen LogP contribution in [0.1, 0.15) is 29.6 Å². The zero-order valence-corrected chi connectivity index (χ0v) is 13.6. The van der Waals surface area contributed by atoms with Crippen molar-refractivity contribution in [2.75, 3.05) is 6.61 Å². The summed E-state index contributed by atoms with van der Waals surface area (Å²) >= 11 is 1.37. The fourth-order valence-corrected chi connectivity index (χ4v) is 3.38. The summed E-state index contributed by atoms with van der Waals surface area (Å²) in [4.78, 5) is 28.9. The number of hydrogen-bond acceptors (Lipinski definition) is 5. The summed E-state index contributed by atoms with van der Waals surface area (Å²) in [7, 11) is 0. The van der Waals surface area contributed by atoms with E-state index in [1.807, 2.05) is 30.3 Å². The number of aromatic nitrogens is 1. The fraction of sp³-hybridized carbons (Fsp3) is 0.353. The molecule has 1 aliphatic carbocycles. The molecule has 1 N–H and O–H groups in total. The van der Waals surface area contributed by atoms with E-state index >= 15 is 0 Å². The van der Waals surface area contributed by atoms with E-state index in [0.29, 0.717) is 24.5 Å². The first-order valence-corrected chi connectivity index (χ1v) is 8.47. The molecule has 23 heavy (non-hydrogen) atoms. The van der Waals surface area contributed by atoms with E-state index in [1.54, 1.807) is 13.1 Å². The van der Waals surface area contributed by atoms with Gasteiger partial charge in [0.1, 0.15) is 0 Å². The summed E-state index contributed by atoms with van der Waals surface area (Å²) in [6.07, 6.45) is 3.00. The second kappa shape index (κ2) is 6.91. The van der Waals surface area contributed by atoms with Gasteiger partial charge in [0, 0.05) is 12.2 Å². The molecule has 0 radical (unpaired) electrons. The average Bonchev–Trinajstić information content (AvgIpc) is 3.01. The van der Waals surface area contributed by atoms with Gasteiger partial charge in [-0.2, -0.15) is 0 Å². The molecular formula is C17H18N2O3S. The largest absolute Gasteiger partial charge is 0.466 e. The highest BCUT2D eigenvalue weighted by molar-refractivity contribution is 7.16. The number of hydrogen-bond donors (Lipinski definition) is 1. The van der Waals surface area contributed by atoms with Gasteiger partial charge in [-0.25, -0.2) is 4.98 Å². The molecule has 1 amide bonds. The number of esters is 1. The highest BCUT2D eigenvalue weighted by Crippen LogP contribution is 2.30. The molecule has 1 aliphatic rings. The first kappa shape index (κ1) is 15.7. The van der Waals surface area contributed by atoms with Gasteiger partial charge < -0.3 is 10.1 Å². The fourth-order valence-electron chi connectivity index (χ4n) is 2.55. The summed E-state index contributed by atoms with van der Waals surface area (Å²) in [6.45, 7) is 2.19. The van der Waals surface area contributed by atoms with Crippen LogP contribution in [0.15, 0.2) is 36.5 Å². The van der Waals surface area contributed by atoms with E-state index in [9.17, 15) is 9.59 Å². The summed E-state index contributed by atoms with van der Waals surface area (Å²) < 4.78 is 4.97. The van der Waals surface area contributed by atoms with E-state index in [2.05, 4.69) is 10.3 Å². The molecule has 2 aromatic rings. The molecule has 1 aromatic heterocycles. The Morgan fingerprint density at radius 3 is 2.74 bits per heavy atom. The molecular weight excluding hydrogens is 312 g/mol. The van der Waals surface area contributed by atoms with E-state index in [0.717, 1.165) is 10.4 Å². The quantitative estimate of drug-likeness (QED) is 0.856. The first-order chi connectivity index (χ1) is 11.2. The molecule has 0 bridgehead atoms. The molecule has 5 nitrogen and oxygen atoms in total. The van der Waals surface area contributed by atoms with Gasteiger partial charge in [0.25, 0.3) is 5.91 Å². The molecule has 0 saturated heterocycles. The topological polar surface area (TPSA) is 68.3 Å². The normalized spacial score (nSPS) is 19.7. The van der Waals surface area contributed by atoms with Crippen molar-refractivity contribution in [3.8, 4) is 10.4 Å². The average molecular weight is 330 g/mol. The molecule has 0 atom stereocenters. The number of nitrogens with one attached hydrogen (secondary N) is 1. The molecule has 1 saturated carbocycles. The molecule has 120 valence electrons. The Morgan fingerprint density at radius 1 is 1.30 bits per heavy atom. The predicted octanol–water partition coefficient (Wildman–Crippen LogP) is 2.88. The maximum atomic E-state index is 12.2. The van der Waals surface area contributed by atoms with Gasteiger partial charge in [0.2, 0.25) is 0 Å². The van der Waals surface area contributed by atoms with Crippen LogP contribution in [-0.4, -0.2) is 29.5 Å². The zero-order chi connectivity index (χ0) is 16.2. The maximum absolute atomic E-state index is 12.2. The predicted molar refractivity (Wildman–Crippen MR) is 88.2 cm³/mol. The van der Waals surface area contributed by atoms with Crippen molar-refractivity contribution in [3.63, 3.8) is 0 Å². The van der Waals surface area contributed by atoms with Crippen LogP contribution in [0.5, 0.6) is 0 Å². The Kier molecular flexibility index (Phi) is 4.71. The van der Waals surface area contributed by atoms with E-state index in [1.165, 1.54) is 11.3 Å². The van der Waals surface area contributed by atoms with Crippen molar-refractivity contribution in [1.29, 1.82) is 0 Å². The summed E-state index contributed by atoms with van der Waals surface area (Å²) in [5.41, 5.74) is 1.05. The van der Waals surface area contributed by atoms with Crippen LogP contribution in [0.2, 0.25) is 0 Å². The van der Waals surface area contributed by atoms with E-state index < -0.39 is 0 Å². The number of carbonyl (C=O) groups excluding carboxylic acids is 2. The molecule has 6 heteroatoms. The number of carbonyl (C=O) groups is 2. The van der Waals surface area contributed by atoms with Crippen molar-refractivity contribution < 1.29 is 14.3 Å². The molecule has 1 fully saturated rings. The highest BCUT2D eigenvalue weighted by atomic mass is 32.1. The minimum absolute atomic E-state index is 0.0287. The smallest absolute Gasteiger partial charge is 0.309 e. The van der Waals surface area contributed by atoms with E-state index in [4.69, 9.17) is 4.74 Å². The summed E-state index contributed by atoms with van der Waals surface area (Å²) in [6, 6.07) is 9.88. The monoisotopic (exact) mass is 330 g/mol. The lowest BCUT2D eigenvalue weighted by molar-refractivity contribution is -0.151. The van der Waals surface area contributed by atoms with Crippen LogP contribution in [0.3, 0.4) is 0 Å². The van der Waals surface area contributed by atoms with Crippen LogP contribution in [-0.2, 0) is 9.53 Å². The number of benzene rings is 1. The van der Waals surface area contributed by atoms with Gasteiger partial charge >= 0.3 is 5.97 Å². The van der Waals surface area contributed by atoms with Crippen molar-refractivity contribution in [2.24, 2.45) is 5.92 Å². The van der Waals surface area contributed by atoms with Crippen LogP contribution in [0.4, 0.5) is 0 Å². The van der Waals surface area contributed by atoms with Gasteiger partial charge in [-0.3, -0.25) is 9.59 Å². The molecule has 3 rings (SSSR count). The SMILES string of the molecule is CCOC(=O)[C@H]1C[C@H](NC(=O)c2ncc(-c3ccccc3)s2)C1. The van der Waals surface area contributed by atoms with Crippen molar-refractivity contribution in [1.82, 2.24) is 10.3 Å². The molecule has 1 aromatic carbocycles. The standard InChI is InChI=1S/C17H18N2O3S/c1-2-22-17(21)12-8-13(9-12)19-15(20)16-18-10-14(23-16)11-6-4-3-5-7-11/h3-7,10,12-13H,2,8-9H2,1H3,(H,19,20)/t12-,13-. The molecule has 0 spiro atoms. The number of rotatable bonds is 5. The molecule has 1 heterocycles. The summed E-state index contributed by atoms with van der Waals surface area (Å²) in [5.74, 6) is -0.431. The van der Waals surface area contributed by atoms with Crippen LogP contribution >= 0.6 is 11.3 Å². The minimum atomic E-state index is -0.176. The van der Waals surface area contributed by atoms with Gasteiger partial charge in [0.05, 0.1) is 17.4 Å². The lowest BCUT2D eigenvalue weighted by atomic mass is 9.80. The third kappa shape index (κ3) is 3.59. The van der Waals surface area contributed by atoms with Crippen molar-refractivity contribution in [2.45, 2.75) is 25.8 Å². The Morgan fingerprint density at radius 2 is 2.04 bits per heavy atom. The maximum Gasteiger partial charge on any atom is 0.309 e. The van der Waals surface area contributed by atoms with Gasteiger partial charge in [-0.15, -0.1) is 11.3 Å². The number of amides is 1. The van der Waals surface area contributed by atoms with Gasteiger partial charge in [-0.1, -0.05) is 30.3 Å². The first-order valence-electron chi connectivity index (χ1n) is 7.66. The number of nitrogens with zero attached hydrogens (tertiary/aromatic N) is 1. The Hall–Kier alpha value is -2.21. The van der Waals surface area contributed by atoms with Crippen molar-refractivity contribution in [3.05, 3.63) is 41.5 Å². The lowest BCUT2D eigenvalue weighted by Gasteiger charge is -2.33. The molecule has 0 unspecified atom stereocenters. The lowest BCUT2D eigenvalue weighted by Crippen LogP contribution is -2.47. The Balaban J connectivity index is 1.54. The number of thiazole rings is 1. The Labute approximate surface area is 138 Å². The van der Waals surface area contributed by atoms with E-state index in [-0.39, 0.29) is 23.8 Å². The zero-order valence-electron chi connectivity index (χ0n) is 12.8. The Bertz CT molecular complexity index is 693. The van der Waals surface area contributed by atoms with Gasteiger partial charge in [-0.05, 0) is 25.3 Å². The third-order valence-corrected chi connectivity index (χ3v) is 4.90. The van der Waals surface area contributed by atoms with Gasteiger partial charge in [0.15, 0.2) is 5.01 Å². The second-order valence-corrected chi connectivity index (χ2v) is 6.52. The van der Waals surface area contributed by atoms with Crippen LogP contribution < -0.4 is 5.32 Å².